The summed E-state index contributed by atoms with van der Waals surface area (Å²) < 4.78 is 25.6. The number of hydrogen-bond donors (Lipinski definition) is 3. The number of nitrogens with two attached hydrogens (primary N) is 2. The van der Waals surface area contributed by atoms with Crippen molar-refractivity contribution in [2.24, 2.45) is 0 Å². The van der Waals surface area contributed by atoms with Gasteiger partial charge in [-0.25, -0.2) is 13.6 Å². The van der Waals surface area contributed by atoms with Crippen molar-refractivity contribution in [1.29, 1.82) is 0 Å². The lowest BCUT2D eigenvalue weighted by atomic mass is 10.1. The highest BCUT2D eigenvalue weighted by Gasteiger charge is 2.17. The molecule has 0 unspecified atom stereocenters. The molecule has 1 rings (SSSR count). The second-order valence-electron chi connectivity index (χ2n) is 2.35. The molecule has 0 amide bonds. The van der Waals surface area contributed by atoms with Gasteiger partial charge in [-0.15, -0.1) is 0 Å². The molecular weight excluding hydrogens is 182 g/mol. The topological polar surface area (TPSA) is 89.3 Å². The predicted molar refractivity (Wildman–Crippen MR) is 42.1 cm³/mol. The van der Waals surface area contributed by atoms with Crippen LogP contribution in [0.25, 0.3) is 0 Å². The lowest BCUT2D eigenvalue weighted by molar-refractivity contribution is 0.0697. The Kier molecular flexibility index (Phi) is 2.05. The minimum atomic E-state index is -1.50. The molecule has 0 radical (unpaired) electrons. The zero-order valence-electron chi connectivity index (χ0n) is 6.34. The Balaban J connectivity index is 3.50. The first kappa shape index (κ1) is 9.24. The molecule has 0 fully saturated rings. The van der Waals surface area contributed by atoms with Crippen molar-refractivity contribution in [3.63, 3.8) is 0 Å². The summed E-state index contributed by atoms with van der Waals surface area (Å²) >= 11 is 0. The average molecular weight is 188 g/mol. The molecule has 5 N–H and O–H groups in total. The van der Waals surface area contributed by atoms with Gasteiger partial charge in [0.2, 0.25) is 0 Å². The van der Waals surface area contributed by atoms with Gasteiger partial charge < -0.3 is 16.6 Å². The minimum Gasteiger partial charge on any atom is -0.478 e. The summed E-state index contributed by atoms with van der Waals surface area (Å²) in [6, 6.07) is 0.579. The van der Waals surface area contributed by atoms with Gasteiger partial charge in [0.25, 0.3) is 0 Å². The third-order valence-electron chi connectivity index (χ3n) is 1.52. The summed E-state index contributed by atoms with van der Waals surface area (Å²) in [4.78, 5) is 10.4. The van der Waals surface area contributed by atoms with Crippen LogP contribution in [0.15, 0.2) is 6.07 Å². The number of hydrogen-bond acceptors (Lipinski definition) is 3. The standard InChI is InChI=1S/C7H6F2N2O2/c8-3-1-2(7(12)13)5(10)4(9)6(3)11/h1H,10-11H2,(H,12,13). The lowest BCUT2D eigenvalue weighted by Gasteiger charge is -2.05. The van der Waals surface area contributed by atoms with E-state index < -0.39 is 34.5 Å². The predicted octanol–water partition coefficient (Wildman–Crippen LogP) is 0.827. The highest BCUT2D eigenvalue weighted by atomic mass is 19.1. The Labute approximate surface area is 71.8 Å². The number of benzene rings is 1. The van der Waals surface area contributed by atoms with Gasteiger partial charge in [0.05, 0.1) is 11.3 Å². The van der Waals surface area contributed by atoms with Gasteiger partial charge in [0, 0.05) is 0 Å². The van der Waals surface area contributed by atoms with E-state index in [0.717, 1.165) is 0 Å². The number of aromatic carboxylic acids is 1. The lowest BCUT2D eigenvalue weighted by Crippen LogP contribution is -2.08. The van der Waals surface area contributed by atoms with Crippen LogP contribution in [0.5, 0.6) is 0 Å². The number of halogens is 2. The quantitative estimate of drug-likeness (QED) is 0.569. The average Bonchev–Trinajstić information content (AvgIpc) is 2.07. The van der Waals surface area contributed by atoms with E-state index in [4.69, 9.17) is 16.6 Å². The molecule has 1 aromatic carbocycles. The number of nitrogen functional groups attached to an aromatic ring is 2. The summed E-state index contributed by atoms with van der Waals surface area (Å²) in [5.41, 5.74) is 7.91. The Bertz CT molecular complexity index is 379. The molecule has 0 aliphatic carbocycles. The van der Waals surface area contributed by atoms with E-state index in [2.05, 4.69) is 0 Å². The molecule has 1 aromatic rings. The molecule has 70 valence electrons. The van der Waals surface area contributed by atoms with Crippen LogP contribution >= 0.6 is 0 Å². The van der Waals surface area contributed by atoms with E-state index in [1.54, 1.807) is 0 Å². The van der Waals surface area contributed by atoms with Gasteiger partial charge >= 0.3 is 5.97 Å². The molecule has 13 heavy (non-hydrogen) atoms. The maximum Gasteiger partial charge on any atom is 0.338 e. The van der Waals surface area contributed by atoms with E-state index >= 15 is 0 Å². The number of carbonyl (C=O) groups is 1. The molecule has 0 atom stereocenters. The summed E-state index contributed by atoms with van der Waals surface area (Å²) in [6.45, 7) is 0. The zero-order chi connectivity index (χ0) is 10.2. The molecule has 0 aliphatic heterocycles. The van der Waals surface area contributed by atoms with Crippen molar-refractivity contribution in [3.05, 3.63) is 23.3 Å². The molecule has 0 heterocycles. The van der Waals surface area contributed by atoms with Crippen LogP contribution in [0, 0.1) is 11.6 Å². The van der Waals surface area contributed by atoms with Gasteiger partial charge in [0.1, 0.15) is 11.5 Å². The molecule has 6 heteroatoms. The molecule has 0 aliphatic rings. The Morgan fingerprint density at radius 2 is 1.85 bits per heavy atom. The number of carboxylic acids is 1. The molecule has 0 spiro atoms. The summed E-state index contributed by atoms with van der Waals surface area (Å²) in [6.07, 6.45) is 0. The third kappa shape index (κ3) is 1.37. The molecular formula is C7H6F2N2O2. The minimum absolute atomic E-state index is 0.579. The fourth-order valence-corrected chi connectivity index (χ4v) is 0.827. The van der Waals surface area contributed by atoms with Gasteiger partial charge in [-0.1, -0.05) is 0 Å². The van der Waals surface area contributed by atoms with Crippen molar-refractivity contribution in [1.82, 2.24) is 0 Å². The van der Waals surface area contributed by atoms with Gasteiger partial charge in [0.15, 0.2) is 5.82 Å². The third-order valence-corrected chi connectivity index (χ3v) is 1.52. The van der Waals surface area contributed by atoms with E-state index in [1.807, 2.05) is 0 Å². The first-order valence-corrected chi connectivity index (χ1v) is 3.21. The van der Waals surface area contributed by atoms with Gasteiger partial charge in [-0.05, 0) is 6.07 Å². The van der Waals surface area contributed by atoms with Crippen molar-refractivity contribution in [3.8, 4) is 0 Å². The maximum atomic E-state index is 12.9. The number of anilines is 2. The Hall–Kier alpha value is -1.85. The van der Waals surface area contributed by atoms with Crippen LogP contribution in [0.1, 0.15) is 10.4 Å². The molecule has 4 nitrogen and oxygen atoms in total. The fourth-order valence-electron chi connectivity index (χ4n) is 0.827. The van der Waals surface area contributed by atoms with E-state index in [1.165, 1.54) is 0 Å². The summed E-state index contributed by atoms with van der Waals surface area (Å²) in [7, 11) is 0. The van der Waals surface area contributed by atoms with Crippen LogP contribution in [-0.2, 0) is 0 Å². The smallest absolute Gasteiger partial charge is 0.338 e. The van der Waals surface area contributed by atoms with Crippen LogP contribution in [0.3, 0.4) is 0 Å². The van der Waals surface area contributed by atoms with Crippen molar-refractivity contribution in [2.75, 3.05) is 11.5 Å². The van der Waals surface area contributed by atoms with Gasteiger partial charge in [-0.2, -0.15) is 0 Å². The molecule has 0 bridgehead atoms. The summed E-state index contributed by atoms with van der Waals surface area (Å²) in [5.74, 6) is -3.88. The largest absolute Gasteiger partial charge is 0.478 e. The van der Waals surface area contributed by atoms with Crippen LogP contribution in [0.2, 0.25) is 0 Å². The molecule has 0 saturated carbocycles. The van der Waals surface area contributed by atoms with E-state index in [-0.39, 0.29) is 0 Å². The Morgan fingerprint density at radius 3 is 2.31 bits per heavy atom. The maximum absolute atomic E-state index is 12.9. The van der Waals surface area contributed by atoms with Crippen LogP contribution in [0.4, 0.5) is 20.2 Å². The molecule has 0 aromatic heterocycles. The monoisotopic (exact) mass is 188 g/mol. The number of carboxylic acid groups (broad SMARTS) is 1. The first-order chi connectivity index (χ1) is 5.95. The van der Waals surface area contributed by atoms with Gasteiger partial charge in [-0.3, -0.25) is 0 Å². The summed E-state index contributed by atoms with van der Waals surface area (Å²) in [5, 5.41) is 8.45. The molecule has 0 saturated heterocycles. The second kappa shape index (κ2) is 2.89. The van der Waals surface area contributed by atoms with Crippen LogP contribution < -0.4 is 11.5 Å². The zero-order valence-corrected chi connectivity index (χ0v) is 6.34. The second-order valence-corrected chi connectivity index (χ2v) is 2.35. The normalized spacial score (nSPS) is 10.0. The SMILES string of the molecule is Nc1c(F)cc(C(=O)O)c(N)c1F. The fraction of sp³-hybridized carbons (Fsp3) is 0. The van der Waals surface area contributed by atoms with Crippen molar-refractivity contribution >= 4 is 17.3 Å². The van der Waals surface area contributed by atoms with E-state index in [9.17, 15) is 13.6 Å². The first-order valence-electron chi connectivity index (χ1n) is 3.21. The van der Waals surface area contributed by atoms with E-state index in [0.29, 0.717) is 6.07 Å². The Morgan fingerprint density at radius 1 is 1.31 bits per heavy atom. The van der Waals surface area contributed by atoms with Crippen molar-refractivity contribution in [2.45, 2.75) is 0 Å². The van der Waals surface area contributed by atoms with Crippen LogP contribution in [-0.4, -0.2) is 11.1 Å². The highest BCUT2D eigenvalue weighted by Crippen LogP contribution is 2.24. The van der Waals surface area contributed by atoms with Crippen molar-refractivity contribution < 1.29 is 18.7 Å². The number of rotatable bonds is 1. The highest BCUT2D eigenvalue weighted by molar-refractivity contribution is 5.94.